The van der Waals surface area contributed by atoms with Gasteiger partial charge in [-0.05, 0) is 31.5 Å². The topological polar surface area (TPSA) is 46.9 Å². The second-order valence-electron chi connectivity index (χ2n) is 4.40. The van der Waals surface area contributed by atoms with E-state index >= 15 is 0 Å². The van der Waals surface area contributed by atoms with Crippen LogP contribution in [-0.4, -0.2) is 15.7 Å². The smallest absolute Gasteiger partial charge is 0.226 e. The van der Waals surface area contributed by atoms with Gasteiger partial charge in [-0.2, -0.15) is 5.10 Å². The molecule has 1 amide bonds. The van der Waals surface area contributed by atoms with Crippen LogP contribution < -0.4 is 5.32 Å². The second-order valence-corrected chi connectivity index (χ2v) is 4.40. The first-order chi connectivity index (χ1) is 8.66. The average Bonchev–Trinajstić information content (AvgIpc) is 2.85. The van der Waals surface area contributed by atoms with E-state index in [1.54, 1.807) is 10.9 Å². The Morgan fingerprint density at radius 1 is 1.39 bits per heavy atom. The van der Waals surface area contributed by atoms with Gasteiger partial charge in [0, 0.05) is 24.5 Å². The molecule has 0 aliphatic carbocycles. The van der Waals surface area contributed by atoms with Crippen LogP contribution in [0.15, 0.2) is 42.7 Å². The fraction of sp³-hybridized carbons (Fsp3) is 0.286. The van der Waals surface area contributed by atoms with Crippen molar-refractivity contribution in [3.63, 3.8) is 0 Å². The summed E-state index contributed by atoms with van der Waals surface area (Å²) in [4.78, 5) is 11.9. The SMILES string of the molecule is Cc1ccccc1NC(=O)C[C@H](C)n1cccn1. The first-order valence-electron chi connectivity index (χ1n) is 6.01. The highest BCUT2D eigenvalue weighted by Crippen LogP contribution is 2.15. The highest BCUT2D eigenvalue weighted by atomic mass is 16.1. The van der Waals surface area contributed by atoms with Gasteiger partial charge in [-0.3, -0.25) is 9.48 Å². The fourth-order valence-corrected chi connectivity index (χ4v) is 1.82. The lowest BCUT2D eigenvalue weighted by molar-refractivity contribution is -0.116. The molecule has 0 spiro atoms. The maximum Gasteiger partial charge on any atom is 0.226 e. The van der Waals surface area contributed by atoms with Crippen molar-refractivity contribution in [3.05, 3.63) is 48.3 Å². The molecule has 0 aliphatic heterocycles. The molecule has 18 heavy (non-hydrogen) atoms. The lowest BCUT2D eigenvalue weighted by Gasteiger charge is -2.13. The normalized spacial score (nSPS) is 12.1. The largest absolute Gasteiger partial charge is 0.326 e. The molecule has 1 heterocycles. The summed E-state index contributed by atoms with van der Waals surface area (Å²) in [6, 6.07) is 9.68. The van der Waals surface area contributed by atoms with Gasteiger partial charge in [-0.15, -0.1) is 0 Å². The zero-order chi connectivity index (χ0) is 13.0. The number of aryl methyl sites for hydroxylation is 1. The van der Waals surface area contributed by atoms with E-state index in [2.05, 4.69) is 10.4 Å². The number of amides is 1. The van der Waals surface area contributed by atoms with Crippen LogP contribution >= 0.6 is 0 Å². The number of hydrogen-bond donors (Lipinski definition) is 1. The molecule has 0 saturated carbocycles. The summed E-state index contributed by atoms with van der Waals surface area (Å²) in [7, 11) is 0. The molecule has 1 atom stereocenters. The van der Waals surface area contributed by atoms with E-state index in [-0.39, 0.29) is 11.9 Å². The Balaban J connectivity index is 1.95. The third kappa shape index (κ3) is 2.97. The molecule has 4 heteroatoms. The van der Waals surface area contributed by atoms with Crippen LogP contribution in [0.4, 0.5) is 5.69 Å². The van der Waals surface area contributed by atoms with Crippen LogP contribution in [0, 0.1) is 6.92 Å². The Hall–Kier alpha value is -2.10. The molecule has 1 N–H and O–H groups in total. The molecular weight excluding hydrogens is 226 g/mol. The molecule has 0 saturated heterocycles. The summed E-state index contributed by atoms with van der Waals surface area (Å²) in [5.74, 6) is 0.00676. The van der Waals surface area contributed by atoms with Gasteiger partial charge in [0.1, 0.15) is 0 Å². The number of carbonyl (C=O) groups excluding carboxylic acids is 1. The average molecular weight is 243 g/mol. The molecular formula is C14H17N3O. The predicted molar refractivity (Wildman–Crippen MR) is 71.4 cm³/mol. The minimum Gasteiger partial charge on any atom is -0.326 e. The van der Waals surface area contributed by atoms with Gasteiger partial charge in [0.15, 0.2) is 0 Å². The third-order valence-electron chi connectivity index (χ3n) is 2.88. The lowest BCUT2D eigenvalue weighted by Crippen LogP contribution is -2.18. The number of nitrogens with zero attached hydrogens (tertiary/aromatic N) is 2. The van der Waals surface area contributed by atoms with Gasteiger partial charge in [-0.25, -0.2) is 0 Å². The monoisotopic (exact) mass is 243 g/mol. The van der Waals surface area contributed by atoms with Crippen molar-refractivity contribution in [2.45, 2.75) is 26.3 Å². The molecule has 0 unspecified atom stereocenters. The number of hydrogen-bond acceptors (Lipinski definition) is 2. The Bertz CT molecular complexity index is 520. The van der Waals surface area contributed by atoms with Crippen molar-refractivity contribution in [1.82, 2.24) is 9.78 Å². The first kappa shape index (κ1) is 12.4. The summed E-state index contributed by atoms with van der Waals surface area (Å²) >= 11 is 0. The van der Waals surface area contributed by atoms with Crippen LogP contribution in [0.5, 0.6) is 0 Å². The molecule has 1 aromatic heterocycles. The van der Waals surface area contributed by atoms with Crippen molar-refractivity contribution in [2.24, 2.45) is 0 Å². The molecule has 0 fully saturated rings. The Morgan fingerprint density at radius 2 is 2.17 bits per heavy atom. The van der Waals surface area contributed by atoms with Gasteiger partial charge in [0.25, 0.3) is 0 Å². The Morgan fingerprint density at radius 3 is 2.83 bits per heavy atom. The minimum absolute atomic E-state index is 0.00676. The van der Waals surface area contributed by atoms with Crippen molar-refractivity contribution >= 4 is 11.6 Å². The summed E-state index contributed by atoms with van der Waals surface area (Å²) in [6.45, 7) is 3.96. The van der Waals surface area contributed by atoms with Crippen molar-refractivity contribution < 1.29 is 4.79 Å². The van der Waals surface area contributed by atoms with Gasteiger partial charge < -0.3 is 5.32 Å². The van der Waals surface area contributed by atoms with Crippen LogP contribution in [0.3, 0.4) is 0 Å². The van der Waals surface area contributed by atoms with Gasteiger partial charge >= 0.3 is 0 Å². The van der Waals surface area contributed by atoms with E-state index in [0.29, 0.717) is 6.42 Å². The number of carbonyl (C=O) groups is 1. The fourth-order valence-electron chi connectivity index (χ4n) is 1.82. The molecule has 0 aliphatic rings. The molecule has 94 valence electrons. The standard InChI is InChI=1S/C14H17N3O/c1-11-6-3-4-7-13(11)16-14(18)10-12(2)17-9-5-8-15-17/h3-9,12H,10H2,1-2H3,(H,16,18)/t12-/m0/s1. The van der Waals surface area contributed by atoms with Crippen molar-refractivity contribution in [2.75, 3.05) is 5.32 Å². The molecule has 2 aromatic rings. The highest BCUT2D eigenvalue weighted by molar-refractivity contribution is 5.91. The zero-order valence-corrected chi connectivity index (χ0v) is 10.6. The number of benzene rings is 1. The number of rotatable bonds is 4. The van der Waals surface area contributed by atoms with E-state index < -0.39 is 0 Å². The van der Waals surface area contributed by atoms with E-state index in [1.807, 2.05) is 50.4 Å². The molecule has 4 nitrogen and oxygen atoms in total. The number of anilines is 1. The van der Waals surface area contributed by atoms with E-state index in [9.17, 15) is 4.79 Å². The Labute approximate surface area is 107 Å². The van der Waals surface area contributed by atoms with Gasteiger partial charge in [0.05, 0.1) is 6.04 Å². The maximum absolute atomic E-state index is 11.9. The summed E-state index contributed by atoms with van der Waals surface area (Å²) < 4.78 is 1.79. The summed E-state index contributed by atoms with van der Waals surface area (Å²) in [5.41, 5.74) is 1.94. The van der Waals surface area contributed by atoms with Crippen molar-refractivity contribution in [1.29, 1.82) is 0 Å². The van der Waals surface area contributed by atoms with Crippen LogP contribution in [0.25, 0.3) is 0 Å². The quantitative estimate of drug-likeness (QED) is 0.897. The minimum atomic E-state index is 0.00676. The van der Waals surface area contributed by atoms with Crippen LogP contribution in [-0.2, 0) is 4.79 Å². The highest BCUT2D eigenvalue weighted by Gasteiger charge is 2.11. The zero-order valence-electron chi connectivity index (χ0n) is 10.6. The van der Waals surface area contributed by atoms with Crippen LogP contribution in [0.2, 0.25) is 0 Å². The van der Waals surface area contributed by atoms with E-state index in [1.165, 1.54) is 0 Å². The van der Waals surface area contributed by atoms with Crippen LogP contribution in [0.1, 0.15) is 24.9 Å². The predicted octanol–water partition coefficient (Wildman–Crippen LogP) is 2.78. The van der Waals surface area contributed by atoms with Gasteiger partial charge in [-0.1, -0.05) is 18.2 Å². The Kier molecular flexibility index (Phi) is 3.77. The van der Waals surface area contributed by atoms with Gasteiger partial charge in [0.2, 0.25) is 5.91 Å². The van der Waals surface area contributed by atoms with Crippen molar-refractivity contribution in [3.8, 4) is 0 Å². The summed E-state index contributed by atoms with van der Waals surface area (Å²) in [6.07, 6.45) is 4.00. The molecule has 1 aromatic carbocycles. The van der Waals surface area contributed by atoms with E-state index in [0.717, 1.165) is 11.3 Å². The third-order valence-corrected chi connectivity index (χ3v) is 2.88. The number of aromatic nitrogens is 2. The second kappa shape index (κ2) is 5.49. The number of para-hydroxylation sites is 1. The first-order valence-corrected chi connectivity index (χ1v) is 6.01. The molecule has 2 rings (SSSR count). The van der Waals surface area contributed by atoms with E-state index in [4.69, 9.17) is 0 Å². The summed E-state index contributed by atoms with van der Waals surface area (Å²) in [5, 5.41) is 7.05. The molecule has 0 radical (unpaired) electrons. The lowest BCUT2D eigenvalue weighted by atomic mass is 10.2. The maximum atomic E-state index is 11.9. The molecule has 0 bridgehead atoms. The number of nitrogens with one attached hydrogen (secondary N) is 1.